The zero-order valence-corrected chi connectivity index (χ0v) is 18.5. The second-order valence-corrected chi connectivity index (χ2v) is 6.71. The van der Waals surface area contributed by atoms with Crippen molar-refractivity contribution in [2.24, 2.45) is 0 Å². The summed E-state index contributed by atoms with van der Waals surface area (Å²) in [5.41, 5.74) is -0.689. The van der Waals surface area contributed by atoms with Crippen molar-refractivity contribution >= 4 is 40.7 Å². The third kappa shape index (κ3) is 7.65. The molecule has 5 N–H and O–H groups in total. The van der Waals surface area contributed by atoms with Crippen LogP contribution in [0.1, 0.15) is 52.2 Å². The Morgan fingerprint density at radius 2 is 1.00 bits per heavy atom. The van der Waals surface area contributed by atoms with Gasteiger partial charge in [0.2, 0.25) is 0 Å². The van der Waals surface area contributed by atoms with E-state index in [1.807, 2.05) is 18.2 Å². The van der Waals surface area contributed by atoms with Crippen LogP contribution in [0.2, 0.25) is 0 Å². The van der Waals surface area contributed by atoms with Crippen LogP contribution in [0.4, 0.5) is 0 Å². The third-order valence-electron chi connectivity index (χ3n) is 4.30. The Morgan fingerprint density at radius 1 is 0.514 bits per heavy atom. The van der Waals surface area contributed by atoms with Crippen molar-refractivity contribution in [3.8, 4) is 0 Å². The molecule has 0 spiro atoms. The minimum absolute atomic E-state index is 0.0821. The first-order valence-electron chi connectivity index (χ1n) is 9.95. The van der Waals surface area contributed by atoms with Gasteiger partial charge in [-0.3, -0.25) is 0 Å². The van der Waals surface area contributed by atoms with Gasteiger partial charge in [0.05, 0.1) is 16.6 Å². The molecule has 0 aliphatic carbocycles. The van der Waals surface area contributed by atoms with Gasteiger partial charge >= 0.3 is 29.8 Å². The summed E-state index contributed by atoms with van der Waals surface area (Å²) in [7, 11) is 0. The first-order chi connectivity index (χ1) is 17.5. The summed E-state index contributed by atoms with van der Waals surface area (Å²) in [6.07, 6.45) is 2.46. The molecule has 3 aromatic heterocycles. The molecule has 0 unspecified atom stereocenters. The van der Waals surface area contributed by atoms with Crippen molar-refractivity contribution in [3.63, 3.8) is 0 Å². The fourth-order valence-corrected chi connectivity index (χ4v) is 2.68. The second-order valence-electron chi connectivity index (χ2n) is 6.71. The van der Waals surface area contributed by atoms with Crippen LogP contribution in [0, 0.1) is 0 Å². The van der Waals surface area contributed by atoms with Crippen molar-refractivity contribution in [1.29, 1.82) is 0 Å². The number of fused-ring (bicyclic) bond motifs is 1. The summed E-state index contributed by atoms with van der Waals surface area (Å²) in [4.78, 5) is 63.0. The average molecular weight is 507 g/mol. The van der Waals surface area contributed by atoms with E-state index in [9.17, 15) is 24.0 Å². The standard InChI is InChI=1S/C10H7NO2.2C7H5NO4/c12-10(13)9-6-5-7-3-1-2-4-8(7)11-9;2*9-6(10)4-2-1-3-8-5(4)7(11)12/h1-6H,(H,12,13);2*1-3H,(H,9,10)(H,11,12). The predicted octanol–water partition coefficient (Wildman–Crippen LogP) is 2.89. The molecule has 0 atom stereocenters. The molecule has 0 aliphatic rings. The lowest BCUT2D eigenvalue weighted by atomic mass is 10.2. The summed E-state index contributed by atoms with van der Waals surface area (Å²) in [5, 5.41) is 43.6. The smallest absolute Gasteiger partial charge is 0.355 e. The van der Waals surface area contributed by atoms with Crippen LogP contribution in [0.15, 0.2) is 73.1 Å². The maximum atomic E-state index is 10.6. The zero-order valence-electron chi connectivity index (χ0n) is 18.5. The maximum absolute atomic E-state index is 10.6. The number of nitrogens with zero attached hydrogens (tertiary/aromatic N) is 3. The van der Waals surface area contributed by atoms with Crippen molar-refractivity contribution in [2.75, 3.05) is 0 Å². The van der Waals surface area contributed by atoms with E-state index < -0.39 is 41.2 Å². The van der Waals surface area contributed by atoms with E-state index in [0.29, 0.717) is 5.52 Å². The van der Waals surface area contributed by atoms with Crippen LogP contribution >= 0.6 is 0 Å². The molecule has 3 heterocycles. The normalized spacial score (nSPS) is 9.62. The molecule has 0 fully saturated rings. The Bertz CT molecular complexity index is 1350. The Labute approximate surface area is 207 Å². The van der Waals surface area contributed by atoms with E-state index in [4.69, 9.17) is 25.5 Å². The van der Waals surface area contributed by atoms with E-state index in [0.717, 1.165) is 5.39 Å². The number of hydrogen-bond acceptors (Lipinski definition) is 8. The Balaban J connectivity index is 0.000000195. The Hall–Kier alpha value is -5.72. The van der Waals surface area contributed by atoms with Crippen LogP contribution in [-0.2, 0) is 0 Å². The summed E-state index contributed by atoms with van der Waals surface area (Å²) in [6.45, 7) is 0. The number of carboxylic acids is 5. The highest BCUT2D eigenvalue weighted by molar-refractivity contribution is 6.00. The third-order valence-corrected chi connectivity index (χ3v) is 4.30. The van der Waals surface area contributed by atoms with E-state index in [1.165, 1.54) is 42.7 Å². The zero-order chi connectivity index (χ0) is 27.5. The maximum Gasteiger partial charge on any atom is 0.355 e. The molecular weight excluding hydrogens is 490 g/mol. The van der Waals surface area contributed by atoms with Gasteiger partial charge in [0, 0.05) is 17.8 Å². The van der Waals surface area contributed by atoms with Gasteiger partial charge in [-0.15, -0.1) is 0 Å². The second kappa shape index (κ2) is 12.7. The Morgan fingerprint density at radius 3 is 1.41 bits per heavy atom. The SMILES string of the molecule is O=C(O)c1ccc2ccccc2n1.O=C(O)c1cccnc1C(=O)O.O=C(O)c1cccnc1C(=O)O. The van der Waals surface area contributed by atoms with Gasteiger partial charge in [0.25, 0.3) is 0 Å². The number of carbonyl (C=O) groups is 5. The van der Waals surface area contributed by atoms with Crippen molar-refractivity contribution in [2.45, 2.75) is 0 Å². The number of pyridine rings is 3. The fourth-order valence-electron chi connectivity index (χ4n) is 2.68. The molecule has 0 saturated heterocycles. The monoisotopic (exact) mass is 507 g/mol. The van der Waals surface area contributed by atoms with Crippen LogP contribution < -0.4 is 0 Å². The van der Waals surface area contributed by atoms with Gasteiger partial charge in [-0.2, -0.15) is 0 Å². The van der Waals surface area contributed by atoms with Crippen LogP contribution in [0.25, 0.3) is 10.9 Å². The van der Waals surface area contributed by atoms with Crippen LogP contribution in [-0.4, -0.2) is 70.3 Å². The van der Waals surface area contributed by atoms with E-state index in [1.54, 1.807) is 12.1 Å². The number of carboxylic acid groups (broad SMARTS) is 5. The highest BCUT2D eigenvalue weighted by atomic mass is 16.4. The van der Waals surface area contributed by atoms with Crippen LogP contribution in [0.5, 0.6) is 0 Å². The molecule has 37 heavy (non-hydrogen) atoms. The first-order valence-corrected chi connectivity index (χ1v) is 9.95. The number of rotatable bonds is 5. The summed E-state index contributed by atoms with van der Waals surface area (Å²) >= 11 is 0. The lowest BCUT2D eigenvalue weighted by Crippen LogP contribution is -2.09. The Kier molecular flexibility index (Phi) is 9.42. The highest BCUT2D eigenvalue weighted by Crippen LogP contribution is 2.11. The molecule has 0 radical (unpaired) electrons. The van der Waals surface area contributed by atoms with Gasteiger partial charge in [0.1, 0.15) is 5.69 Å². The van der Waals surface area contributed by atoms with E-state index in [2.05, 4.69) is 15.0 Å². The molecule has 1 aromatic carbocycles. The van der Waals surface area contributed by atoms with E-state index in [-0.39, 0.29) is 16.8 Å². The topological polar surface area (TPSA) is 225 Å². The van der Waals surface area contributed by atoms with Crippen molar-refractivity contribution in [3.05, 3.63) is 101 Å². The molecule has 4 aromatic rings. The largest absolute Gasteiger partial charge is 0.478 e. The predicted molar refractivity (Wildman–Crippen MR) is 125 cm³/mol. The lowest BCUT2D eigenvalue weighted by Gasteiger charge is -1.97. The quantitative estimate of drug-likeness (QED) is 0.262. The lowest BCUT2D eigenvalue weighted by molar-refractivity contribution is 0.0646. The molecule has 4 rings (SSSR count). The molecule has 0 bridgehead atoms. The first kappa shape index (κ1) is 27.5. The van der Waals surface area contributed by atoms with Crippen molar-refractivity contribution in [1.82, 2.24) is 15.0 Å². The number of aromatic carboxylic acids is 5. The fraction of sp³-hybridized carbons (Fsp3) is 0. The molecule has 13 heteroatoms. The van der Waals surface area contributed by atoms with Crippen molar-refractivity contribution < 1.29 is 49.5 Å². The number of hydrogen-bond donors (Lipinski definition) is 5. The average Bonchev–Trinajstić information content (AvgIpc) is 2.89. The van der Waals surface area contributed by atoms with Gasteiger partial charge in [-0.05, 0) is 36.4 Å². The van der Waals surface area contributed by atoms with Crippen LogP contribution in [0.3, 0.4) is 0 Å². The van der Waals surface area contributed by atoms with Gasteiger partial charge in [-0.1, -0.05) is 24.3 Å². The summed E-state index contributed by atoms with van der Waals surface area (Å²) < 4.78 is 0. The number of para-hydroxylation sites is 1. The highest BCUT2D eigenvalue weighted by Gasteiger charge is 2.16. The molecule has 0 aliphatic heterocycles. The van der Waals surface area contributed by atoms with Gasteiger partial charge in [0.15, 0.2) is 11.4 Å². The minimum Gasteiger partial charge on any atom is -0.478 e. The number of benzene rings is 1. The number of aromatic nitrogens is 3. The van der Waals surface area contributed by atoms with Gasteiger partial charge in [-0.25, -0.2) is 38.9 Å². The van der Waals surface area contributed by atoms with E-state index >= 15 is 0 Å². The molecular formula is C24H17N3O10. The summed E-state index contributed by atoms with van der Waals surface area (Å²) in [6, 6.07) is 15.8. The molecule has 0 saturated carbocycles. The minimum atomic E-state index is -1.34. The summed E-state index contributed by atoms with van der Waals surface area (Å²) in [5.74, 6) is -6.26. The molecule has 188 valence electrons. The molecule has 0 amide bonds. The molecule has 13 nitrogen and oxygen atoms in total. The van der Waals surface area contributed by atoms with Gasteiger partial charge < -0.3 is 25.5 Å².